The molecule has 0 radical (unpaired) electrons. The normalized spacial score (nSPS) is 18.2. The molecule has 1 unspecified atom stereocenters. The van der Waals surface area contributed by atoms with Crippen LogP contribution in [0.1, 0.15) is 29.3 Å². The van der Waals surface area contributed by atoms with Crippen molar-refractivity contribution in [2.45, 2.75) is 12.3 Å². The van der Waals surface area contributed by atoms with E-state index in [-0.39, 0.29) is 27.8 Å². The van der Waals surface area contributed by atoms with Gasteiger partial charge in [-0.25, -0.2) is 0 Å². The molecule has 2 aliphatic rings. The molecule has 31 heavy (non-hydrogen) atoms. The molecule has 7 nitrogen and oxygen atoms in total. The van der Waals surface area contributed by atoms with E-state index in [9.17, 15) is 14.8 Å². The number of allylic oxidation sites excluding steroid dienone is 1. The summed E-state index contributed by atoms with van der Waals surface area (Å²) in [5, 5.41) is 18.5. The quantitative estimate of drug-likeness (QED) is 0.271. The van der Waals surface area contributed by atoms with Gasteiger partial charge in [0.05, 0.1) is 5.56 Å². The summed E-state index contributed by atoms with van der Waals surface area (Å²) in [5.41, 5.74) is 1.41. The van der Waals surface area contributed by atoms with E-state index in [1.54, 1.807) is 12.1 Å². The van der Waals surface area contributed by atoms with E-state index in [1.807, 2.05) is 48.5 Å². The molecule has 2 aliphatic carbocycles. The maximum Gasteiger partial charge on any atom is 0.308 e. The Morgan fingerprint density at radius 1 is 1.06 bits per heavy atom. The molecule has 0 fully saturated rings. The van der Waals surface area contributed by atoms with Crippen molar-refractivity contribution in [2.24, 2.45) is 0 Å². The Hall–Kier alpha value is -4.26. The fourth-order valence-electron chi connectivity index (χ4n) is 4.93. The second kappa shape index (κ2) is 5.89. The molecule has 1 heterocycles. The van der Waals surface area contributed by atoms with Crippen LogP contribution in [0.2, 0.25) is 0 Å². The average Bonchev–Trinajstić information content (AvgIpc) is 3.15. The fraction of sp³-hybridized carbons (Fsp3) is 0.0833. The Bertz CT molecular complexity index is 1480. The first kappa shape index (κ1) is 17.6. The minimum Gasteiger partial charge on any atom is -0.426 e. The van der Waals surface area contributed by atoms with Gasteiger partial charge in [0.1, 0.15) is 5.75 Å². The molecule has 1 atom stereocenters. The van der Waals surface area contributed by atoms with Gasteiger partial charge in [-0.05, 0) is 39.1 Å². The monoisotopic (exact) mass is 410 g/mol. The number of carbonyl (C=O) groups excluding carboxylic acids is 2. The Morgan fingerprint density at radius 3 is 2.71 bits per heavy atom. The van der Waals surface area contributed by atoms with E-state index in [1.165, 1.54) is 13.0 Å². The number of ketones is 1. The Balaban J connectivity index is 1.87. The second-order valence-electron chi connectivity index (χ2n) is 7.60. The van der Waals surface area contributed by atoms with Crippen molar-refractivity contribution >= 4 is 28.6 Å². The zero-order chi connectivity index (χ0) is 21.3. The van der Waals surface area contributed by atoms with Crippen LogP contribution in [0.25, 0.3) is 28.1 Å². The number of benzene rings is 3. The Labute approximate surface area is 175 Å². The molecular formula is C24H14N2O5. The first-order chi connectivity index (χ1) is 15.0. The standard InChI is InChI=1S/C24H14N2O5/c1-13(27)30-18-11-9-15-6-4-8-17-20(15)21(18)22-23(26(29)31-25-22)24(17)16-7-3-2-5-14(16)10-12-19(24)28/h2-12H,1H3. The zero-order valence-electron chi connectivity index (χ0n) is 16.3. The summed E-state index contributed by atoms with van der Waals surface area (Å²) < 4.78 is 10.5. The number of hydrogen-bond acceptors (Lipinski definition) is 6. The summed E-state index contributed by atoms with van der Waals surface area (Å²) in [5.74, 6) is -0.517. The number of fused-ring (bicyclic) bond motifs is 6. The smallest absolute Gasteiger partial charge is 0.308 e. The van der Waals surface area contributed by atoms with Gasteiger partial charge in [-0.15, -0.1) is 0 Å². The van der Waals surface area contributed by atoms with E-state index in [0.29, 0.717) is 22.1 Å². The summed E-state index contributed by atoms with van der Waals surface area (Å²) in [6.45, 7) is 1.30. The maximum absolute atomic E-state index is 13.7. The molecular weight excluding hydrogens is 396 g/mol. The molecule has 0 aliphatic heterocycles. The summed E-state index contributed by atoms with van der Waals surface area (Å²) in [6, 6.07) is 16.5. The highest BCUT2D eigenvalue weighted by atomic mass is 16.8. The summed E-state index contributed by atoms with van der Waals surface area (Å²) >= 11 is 0. The van der Waals surface area contributed by atoms with Gasteiger partial charge in [-0.3, -0.25) is 14.2 Å². The minimum atomic E-state index is -1.43. The SMILES string of the molecule is CC(=O)Oc1ccc2cccc3c2c1-c1no[n+]([O-])c1C31C(=O)C=Cc2ccccc21. The van der Waals surface area contributed by atoms with Gasteiger partial charge in [0, 0.05) is 17.5 Å². The van der Waals surface area contributed by atoms with Gasteiger partial charge in [0.25, 0.3) is 5.69 Å². The van der Waals surface area contributed by atoms with Crippen LogP contribution in [0.4, 0.5) is 0 Å². The van der Waals surface area contributed by atoms with Crippen LogP contribution in [-0.4, -0.2) is 16.9 Å². The van der Waals surface area contributed by atoms with E-state index in [0.717, 1.165) is 10.9 Å². The van der Waals surface area contributed by atoms with E-state index in [2.05, 4.69) is 5.16 Å². The number of carbonyl (C=O) groups is 2. The summed E-state index contributed by atoms with van der Waals surface area (Å²) in [6.07, 6.45) is 3.23. The zero-order valence-corrected chi connectivity index (χ0v) is 16.3. The van der Waals surface area contributed by atoms with Crippen LogP contribution in [0.3, 0.4) is 0 Å². The first-order valence-corrected chi connectivity index (χ1v) is 9.70. The summed E-state index contributed by atoms with van der Waals surface area (Å²) in [7, 11) is 0. The van der Waals surface area contributed by atoms with Crippen LogP contribution < -0.4 is 9.64 Å². The molecule has 150 valence electrons. The van der Waals surface area contributed by atoms with E-state index in [4.69, 9.17) is 9.37 Å². The molecule has 0 saturated carbocycles. The van der Waals surface area contributed by atoms with Crippen molar-refractivity contribution in [1.29, 1.82) is 0 Å². The van der Waals surface area contributed by atoms with Crippen LogP contribution >= 0.6 is 0 Å². The molecule has 0 saturated heterocycles. The van der Waals surface area contributed by atoms with Crippen molar-refractivity contribution in [3.63, 3.8) is 0 Å². The largest absolute Gasteiger partial charge is 0.426 e. The van der Waals surface area contributed by atoms with E-state index < -0.39 is 11.4 Å². The minimum absolute atomic E-state index is 0.0638. The van der Waals surface area contributed by atoms with Crippen LogP contribution in [0.5, 0.6) is 5.75 Å². The lowest BCUT2D eigenvalue weighted by atomic mass is 9.61. The molecule has 4 aromatic rings. The van der Waals surface area contributed by atoms with Crippen molar-refractivity contribution in [1.82, 2.24) is 5.16 Å². The molecule has 0 bridgehead atoms. The molecule has 1 spiro atoms. The predicted molar refractivity (Wildman–Crippen MR) is 110 cm³/mol. The number of aromatic nitrogens is 2. The topological polar surface area (TPSA) is 96.3 Å². The lowest BCUT2D eigenvalue weighted by Gasteiger charge is -2.37. The van der Waals surface area contributed by atoms with E-state index >= 15 is 0 Å². The molecule has 0 N–H and O–H groups in total. The molecule has 1 aromatic heterocycles. The maximum atomic E-state index is 13.7. The van der Waals surface area contributed by atoms with Gasteiger partial charge in [0.2, 0.25) is 5.69 Å². The molecule has 0 amide bonds. The second-order valence-corrected chi connectivity index (χ2v) is 7.60. The molecule has 7 heteroatoms. The Kier molecular flexibility index (Phi) is 3.34. The third kappa shape index (κ3) is 2.07. The van der Waals surface area contributed by atoms with Gasteiger partial charge < -0.3 is 9.94 Å². The molecule has 3 aromatic carbocycles. The van der Waals surface area contributed by atoms with Crippen molar-refractivity contribution in [3.8, 4) is 17.0 Å². The number of ether oxygens (including phenoxy) is 1. The lowest BCUT2D eigenvalue weighted by Crippen LogP contribution is -2.49. The fourth-order valence-corrected chi connectivity index (χ4v) is 4.93. The van der Waals surface area contributed by atoms with Gasteiger partial charge in [0.15, 0.2) is 11.2 Å². The van der Waals surface area contributed by atoms with Crippen LogP contribution in [0, 0.1) is 5.21 Å². The first-order valence-electron chi connectivity index (χ1n) is 9.70. The highest BCUT2D eigenvalue weighted by Gasteiger charge is 2.57. The number of nitrogens with zero attached hydrogens (tertiary/aromatic N) is 2. The number of hydrogen-bond donors (Lipinski definition) is 0. The third-order valence-electron chi connectivity index (χ3n) is 6.02. The lowest BCUT2D eigenvalue weighted by molar-refractivity contribution is -0.809. The van der Waals surface area contributed by atoms with Gasteiger partial charge >= 0.3 is 5.97 Å². The molecule has 6 rings (SSSR count). The highest BCUT2D eigenvalue weighted by Crippen LogP contribution is 2.55. The number of rotatable bonds is 1. The predicted octanol–water partition coefficient (Wildman–Crippen LogP) is 3.30. The van der Waals surface area contributed by atoms with Gasteiger partial charge in [-0.2, -0.15) is 0 Å². The Morgan fingerprint density at radius 2 is 1.87 bits per heavy atom. The third-order valence-corrected chi connectivity index (χ3v) is 6.02. The van der Waals surface area contributed by atoms with Crippen LogP contribution in [-0.2, 0) is 15.0 Å². The van der Waals surface area contributed by atoms with Crippen LogP contribution in [0.15, 0.2) is 65.3 Å². The van der Waals surface area contributed by atoms with Crippen molar-refractivity contribution in [2.75, 3.05) is 0 Å². The number of esters is 1. The van der Waals surface area contributed by atoms with Gasteiger partial charge in [-0.1, -0.05) is 54.6 Å². The average molecular weight is 410 g/mol. The summed E-state index contributed by atoms with van der Waals surface area (Å²) in [4.78, 5) is 25.7. The van der Waals surface area contributed by atoms with Crippen molar-refractivity contribution in [3.05, 3.63) is 88.3 Å². The highest BCUT2D eigenvalue weighted by molar-refractivity contribution is 6.17. The van der Waals surface area contributed by atoms with Crippen molar-refractivity contribution < 1.29 is 23.9 Å².